The van der Waals surface area contributed by atoms with E-state index in [4.69, 9.17) is 23.2 Å². The molecule has 0 radical (unpaired) electrons. The molecule has 3 rings (SSSR count). The molecule has 180 valence electrons. The standard InChI is InChI=1S/C21H30ClNO2S.C6H5Cl/c1-6-13-21(4)14-12-19(16-8-10-17(22)11-9-16)23(20(21)24)18(7-2)15(3)26(5)25;7-6-4-2-1-3-5-6/h6,8-11,15,18-19H,1,7,12-14H2,2-5H3;1-5H/t15?,18?,19?,21-,26?;/m0./s1. The Morgan fingerprint density at radius 3 is 2.18 bits per heavy atom. The van der Waals surface area contributed by atoms with Crippen LogP contribution in [0, 0.1) is 5.41 Å². The average Bonchev–Trinajstić information content (AvgIpc) is 2.79. The first-order valence-electron chi connectivity index (χ1n) is 11.4. The largest absolute Gasteiger partial charge is 0.331 e. The van der Waals surface area contributed by atoms with E-state index in [9.17, 15) is 9.00 Å². The minimum atomic E-state index is -0.996. The van der Waals surface area contributed by atoms with Crippen molar-refractivity contribution >= 4 is 39.9 Å². The van der Waals surface area contributed by atoms with Gasteiger partial charge in [-0.2, -0.15) is 0 Å². The average molecular weight is 509 g/mol. The molecule has 0 bridgehead atoms. The molecule has 1 heterocycles. The summed E-state index contributed by atoms with van der Waals surface area (Å²) >= 11 is 11.6. The summed E-state index contributed by atoms with van der Waals surface area (Å²) in [7, 11) is -0.996. The van der Waals surface area contributed by atoms with Crippen LogP contribution in [0.1, 0.15) is 58.1 Å². The molecule has 1 saturated heterocycles. The molecule has 1 fully saturated rings. The molecule has 1 aliphatic rings. The molecule has 0 aromatic heterocycles. The van der Waals surface area contributed by atoms with E-state index in [-0.39, 0.29) is 23.2 Å². The SMILES string of the molecule is C=CC[C@@]1(C)CCC(c2ccc(Cl)cc2)N(C(CC)C(C)S(C)=O)C1=O.Clc1ccccc1. The van der Waals surface area contributed by atoms with E-state index in [1.807, 2.05) is 79.4 Å². The summed E-state index contributed by atoms with van der Waals surface area (Å²) in [5.41, 5.74) is 0.656. The number of amides is 1. The lowest BCUT2D eigenvalue weighted by molar-refractivity contribution is -0.152. The highest BCUT2D eigenvalue weighted by Crippen LogP contribution is 2.45. The van der Waals surface area contributed by atoms with Crippen molar-refractivity contribution < 1.29 is 9.00 Å². The third-order valence-corrected chi connectivity index (χ3v) is 8.35. The van der Waals surface area contributed by atoms with E-state index in [0.29, 0.717) is 11.4 Å². The number of likely N-dealkylation sites (tertiary alicyclic amines) is 1. The van der Waals surface area contributed by atoms with Gasteiger partial charge in [-0.25, -0.2) is 0 Å². The lowest BCUT2D eigenvalue weighted by Crippen LogP contribution is -2.56. The van der Waals surface area contributed by atoms with Gasteiger partial charge >= 0.3 is 0 Å². The molecule has 6 heteroatoms. The first-order chi connectivity index (χ1) is 15.6. The Labute approximate surface area is 211 Å². The van der Waals surface area contributed by atoms with E-state index in [1.54, 1.807) is 6.26 Å². The Bertz CT molecular complexity index is 935. The zero-order valence-corrected chi connectivity index (χ0v) is 22.3. The van der Waals surface area contributed by atoms with Crippen LogP contribution in [0.3, 0.4) is 0 Å². The summed E-state index contributed by atoms with van der Waals surface area (Å²) in [6, 6.07) is 17.1. The third-order valence-electron chi connectivity index (χ3n) is 6.48. The molecule has 3 nitrogen and oxygen atoms in total. The first kappa shape index (κ1) is 27.6. The van der Waals surface area contributed by atoms with Crippen molar-refractivity contribution in [3.63, 3.8) is 0 Å². The third kappa shape index (κ3) is 7.18. The number of benzene rings is 2. The Hall–Kier alpha value is -1.62. The maximum Gasteiger partial charge on any atom is 0.229 e. The maximum atomic E-state index is 13.6. The quantitative estimate of drug-likeness (QED) is 0.364. The van der Waals surface area contributed by atoms with Gasteiger partial charge in [0.1, 0.15) is 0 Å². The number of piperidine rings is 1. The summed E-state index contributed by atoms with van der Waals surface area (Å²) in [4.78, 5) is 15.6. The Morgan fingerprint density at radius 1 is 1.15 bits per heavy atom. The van der Waals surface area contributed by atoms with Crippen molar-refractivity contribution in [3.8, 4) is 0 Å². The number of allylic oxidation sites excluding steroid dienone is 1. The summed E-state index contributed by atoms with van der Waals surface area (Å²) in [5.74, 6) is 0.146. The number of hydrogen-bond donors (Lipinski definition) is 0. The maximum absolute atomic E-state index is 13.6. The van der Waals surface area contributed by atoms with Crippen LogP contribution in [0.5, 0.6) is 0 Å². The van der Waals surface area contributed by atoms with Crippen LogP contribution in [0.15, 0.2) is 67.3 Å². The minimum Gasteiger partial charge on any atom is -0.331 e. The van der Waals surface area contributed by atoms with Gasteiger partial charge in [0.2, 0.25) is 5.91 Å². The number of rotatable bonds is 7. The molecule has 33 heavy (non-hydrogen) atoms. The van der Waals surface area contributed by atoms with Crippen molar-refractivity contribution in [2.75, 3.05) is 6.26 Å². The van der Waals surface area contributed by atoms with Gasteiger partial charge in [0.05, 0.1) is 16.7 Å². The van der Waals surface area contributed by atoms with Gasteiger partial charge in [0.15, 0.2) is 0 Å². The Morgan fingerprint density at radius 2 is 1.73 bits per heavy atom. The molecule has 0 N–H and O–H groups in total. The van der Waals surface area contributed by atoms with Gasteiger partial charge < -0.3 is 4.90 Å². The van der Waals surface area contributed by atoms with Crippen molar-refractivity contribution in [2.24, 2.45) is 5.41 Å². The lowest BCUT2D eigenvalue weighted by atomic mass is 9.74. The molecule has 0 saturated carbocycles. The zero-order chi connectivity index (χ0) is 24.6. The van der Waals surface area contributed by atoms with Gasteiger partial charge in [-0.3, -0.25) is 9.00 Å². The molecule has 2 aromatic carbocycles. The van der Waals surface area contributed by atoms with Crippen LogP contribution >= 0.6 is 23.2 Å². The molecular formula is C27H35Cl2NO2S. The van der Waals surface area contributed by atoms with E-state index >= 15 is 0 Å². The fraction of sp³-hybridized carbons (Fsp3) is 0.444. The normalized spacial score (nSPS) is 23.2. The molecule has 0 spiro atoms. The Balaban J connectivity index is 0.000000468. The summed E-state index contributed by atoms with van der Waals surface area (Å²) < 4.78 is 12.2. The van der Waals surface area contributed by atoms with Gasteiger partial charge in [0, 0.05) is 33.1 Å². The van der Waals surface area contributed by atoms with E-state index in [2.05, 4.69) is 13.5 Å². The molecule has 5 atom stereocenters. The van der Waals surface area contributed by atoms with Crippen molar-refractivity contribution in [1.82, 2.24) is 4.90 Å². The van der Waals surface area contributed by atoms with Crippen LogP contribution in [-0.2, 0) is 15.6 Å². The lowest BCUT2D eigenvalue weighted by Gasteiger charge is -2.49. The van der Waals surface area contributed by atoms with Crippen molar-refractivity contribution in [1.29, 1.82) is 0 Å². The molecule has 1 aliphatic heterocycles. The number of halogens is 2. The molecule has 4 unspecified atom stereocenters. The monoisotopic (exact) mass is 507 g/mol. The summed E-state index contributed by atoms with van der Waals surface area (Å²) in [6.07, 6.45) is 6.71. The highest BCUT2D eigenvalue weighted by atomic mass is 35.5. The van der Waals surface area contributed by atoms with Gasteiger partial charge in [-0.15, -0.1) is 6.58 Å². The van der Waals surface area contributed by atoms with Crippen LogP contribution in [0.25, 0.3) is 0 Å². The smallest absolute Gasteiger partial charge is 0.229 e. The fourth-order valence-electron chi connectivity index (χ4n) is 4.45. The van der Waals surface area contributed by atoms with Gasteiger partial charge in [0.25, 0.3) is 0 Å². The van der Waals surface area contributed by atoms with Crippen molar-refractivity contribution in [2.45, 2.75) is 63.8 Å². The van der Waals surface area contributed by atoms with Crippen molar-refractivity contribution in [3.05, 3.63) is 82.9 Å². The highest BCUT2D eigenvalue weighted by Gasteiger charge is 2.47. The second-order valence-corrected chi connectivity index (χ2v) is 11.5. The summed E-state index contributed by atoms with van der Waals surface area (Å²) in [6.45, 7) is 9.92. The number of carbonyl (C=O) groups excluding carboxylic acids is 1. The van der Waals surface area contributed by atoms with Crippen LogP contribution in [0.2, 0.25) is 10.0 Å². The molecule has 2 aromatic rings. The number of carbonyl (C=O) groups is 1. The van der Waals surface area contributed by atoms with Crippen LogP contribution in [0.4, 0.5) is 0 Å². The predicted molar refractivity (Wildman–Crippen MR) is 142 cm³/mol. The zero-order valence-electron chi connectivity index (χ0n) is 20.0. The second kappa shape index (κ2) is 12.7. The van der Waals surface area contributed by atoms with Crippen LogP contribution in [-0.4, -0.2) is 32.6 Å². The first-order valence-corrected chi connectivity index (χ1v) is 13.7. The highest BCUT2D eigenvalue weighted by molar-refractivity contribution is 7.84. The van der Waals surface area contributed by atoms with Gasteiger partial charge in [-0.1, -0.05) is 73.5 Å². The van der Waals surface area contributed by atoms with E-state index in [1.165, 1.54) is 0 Å². The van der Waals surface area contributed by atoms with Gasteiger partial charge in [-0.05, 0) is 62.4 Å². The molecular weight excluding hydrogens is 473 g/mol. The number of nitrogens with zero attached hydrogens (tertiary/aromatic N) is 1. The fourth-order valence-corrected chi connectivity index (χ4v) is 5.48. The van der Waals surface area contributed by atoms with Crippen LogP contribution < -0.4 is 0 Å². The topological polar surface area (TPSA) is 37.4 Å². The minimum absolute atomic E-state index is 0.00592. The van der Waals surface area contributed by atoms with E-state index < -0.39 is 16.2 Å². The summed E-state index contributed by atoms with van der Waals surface area (Å²) in [5, 5.41) is 1.40. The molecule has 0 aliphatic carbocycles. The number of hydrogen-bond acceptors (Lipinski definition) is 2. The van der Waals surface area contributed by atoms with E-state index in [0.717, 1.165) is 29.8 Å². The predicted octanol–water partition coefficient (Wildman–Crippen LogP) is 7.47. The molecule has 1 amide bonds. The Kier molecular flexibility index (Phi) is 10.7. The second-order valence-electron chi connectivity index (χ2n) is 8.85.